The fraction of sp³-hybridized carbons (Fsp3) is 0.481. The van der Waals surface area contributed by atoms with E-state index in [9.17, 15) is 5.11 Å². The van der Waals surface area contributed by atoms with Gasteiger partial charge in [0.2, 0.25) is 5.95 Å². The Hall–Kier alpha value is -3.10. The van der Waals surface area contributed by atoms with E-state index in [1.54, 1.807) is 0 Å². The molecule has 0 bridgehead atoms. The van der Waals surface area contributed by atoms with Crippen LogP contribution in [0.5, 0.6) is 0 Å². The van der Waals surface area contributed by atoms with Gasteiger partial charge in [-0.05, 0) is 49.3 Å². The van der Waals surface area contributed by atoms with Crippen molar-refractivity contribution in [2.75, 3.05) is 25.0 Å². The first-order chi connectivity index (χ1) is 17.1. The largest absolute Gasteiger partial charge is 0.395 e. The van der Waals surface area contributed by atoms with Gasteiger partial charge in [-0.15, -0.1) is 0 Å². The molecule has 0 saturated heterocycles. The molecule has 2 N–H and O–H groups in total. The quantitative estimate of drug-likeness (QED) is 0.433. The summed E-state index contributed by atoms with van der Waals surface area (Å²) < 4.78 is 2.40. The molecule has 0 unspecified atom stereocenters. The minimum atomic E-state index is 0.182. The zero-order chi connectivity index (χ0) is 23.9. The van der Waals surface area contributed by atoms with Gasteiger partial charge in [0, 0.05) is 54.8 Å². The molecule has 1 fully saturated rings. The third-order valence-electron chi connectivity index (χ3n) is 7.76. The molecular weight excluding hydrogens is 438 g/mol. The van der Waals surface area contributed by atoms with Crippen molar-refractivity contribution in [3.63, 3.8) is 0 Å². The summed E-state index contributed by atoms with van der Waals surface area (Å²) in [6.07, 6.45) is 10.6. The molecule has 1 aliphatic heterocycles. The molecule has 5 heterocycles. The Balaban J connectivity index is 1.35. The zero-order valence-corrected chi connectivity index (χ0v) is 20.5. The summed E-state index contributed by atoms with van der Waals surface area (Å²) >= 11 is 0. The summed E-state index contributed by atoms with van der Waals surface area (Å²) in [7, 11) is 0. The van der Waals surface area contributed by atoms with Crippen LogP contribution in [0.15, 0.2) is 36.8 Å². The number of nitrogens with zero attached hydrogens (tertiary/aromatic N) is 6. The molecule has 0 radical (unpaired) electrons. The number of pyridine rings is 2. The summed E-state index contributed by atoms with van der Waals surface area (Å²) in [6.45, 7) is 7.15. The molecular formula is C27H33N7O. The first kappa shape index (κ1) is 22.4. The van der Waals surface area contributed by atoms with Crippen molar-refractivity contribution in [2.45, 2.75) is 58.0 Å². The van der Waals surface area contributed by atoms with Gasteiger partial charge in [0.1, 0.15) is 11.5 Å². The average Bonchev–Trinajstić information content (AvgIpc) is 3.19. The number of hydrogen-bond acceptors (Lipinski definition) is 7. The standard InChI is InChI=1S/C27H33N7O/c1-17-3-6-20(7-4-17)34-23-14-28-10-9-21(23)22-13-29-27(32-26(22)34)31-24-8-5-19-16-33(11-12-35)15-18(2)25(19)30-24/h5,8-10,13-14,17-18,20,35H,3-4,6-7,11-12,15-16H2,1-2H3,(H,29,30,31,32)/t17-,18-,20-/m1/s1. The summed E-state index contributed by atoms with van der Waals surface area (Å²) in [5.74, 6) is 2.43. The van der Waals surface area contributed by atoms with Crippen LogP contribution in [0.1, 0.15) is 62.7 Å². The smallest absolute Gasteiger partial charge is 0.230 e. The molecule has 0 amide bonds. The van der Waals surface area contributed by atoms with Gasteiger partial charge in [-0.2, -0.15) is 4.98 Å². The molecule has 8 nitrogen and oxygen atoms in total. The number of hydrogen-bond donors (Lipinski definition) is 2. The van der Waals surface area contributed by atoms with Gasteiger partial charge in [-0.25, -0.2) is 9.97 Å². The van der Waals surface area contributed by atoms with Gasteiger partial charge in [-0.1, -0.05) is 19.9 Å². The van der Waals surface area contributed by atoms with E-state index in [0.717, 1.165) is 52.5 Å². The summed E-state index contributed by atoms with van der Waals surface area (Å²) in [4.78, 5) is 21.3. The van der Waals surface area contributed by atoms with Gasteiger partial charge >= 0.3 is 0 Å². The van der Waals surface area contributed by atoms with Gasteiger partial charge < -0.3 is 15.0 Å². The van der Waals surface area contributed by atoms with Crippen molar-refractivity contribution in [1.29, 1.82) is 0 Å². The van der Waals surface area contributed by atoms with E-state index in [4.69, 9.17) is 9.97 Å². The first-order valence-corrected chi connectivity index (χ1v) is 12.8. The van der Waals surface area contributed by atoms with E-state index in [1.807, 2.05) is 24.7 Å². The van der Waals surface area contributed by atoms with Crippen LogP contribution in [0, 0.1) is 5.92 Å². The minimum absolute atomic E-state index is 0.182. The second-order valence-electron chi connectivity index (χ2n) is 10.3. The number of rotatable bonds is 5. The Labute approximate surface area is 205 Å². The number of nitrogens with one attached hydrogen (secondary N) is 1. The maximum atomic E-state index is 9.31. The number of aliphatic hydroxyl groups is 1. The van der Waals surface area contributed by atoms with Crippen molar-refractivity contribution in [3.8, 4) is 0 Å². The molecule has 1 atom stereocenters. The highest BCUT2D eigenvalue weighted by Crippen LogP contribution is 2.38. The van der Waals surface area contributed by atoms with E-state index in [-0.39, 0.29) is 6.61 Å². The van der Waals surface area contributed by atoms with E-state index in [2.05, 4.69) is 50.7 Å². The van der Waals surface area contributed by atoms with Crippen LogP contribution in [-0.2, 0) is 6.54 Å². The Morgan fingerprint density at radius 3 is 2.71 bits per heavy atom. The monoisotopic (exact) mass is 471 g/mol. The van der Waals surface area contributed by atoms with Crippen LogP contribution in [0.2, 0.25) is 0 Å². The summed E-state index contributed by atoms with van der Waals surface area (Å²) in [6, 6.07) is 6.64. The Morgan fingerprint density at radius 2 is 1.89 bits per heavy atom. The molecule has 4 aromatic heterocycles. The Morgan fingerprint density at radius 1 is 1.03 bits per heavy atom. The molecule has 6 rings (SSSR count). The molecule has 2 aliphatic rings. The third-order valence-corrected chi connectivity index (χ3v) is 7.76. The van der Waals surface area contributed by atoms with Gasteiger partial charge in [-0.3, -0.25) is 9.88 Å². The lowest BCUT2D eigenvalue weighted by atomic mass is 9.87. The molecule has 8 heteroatoms. The number of anilines is 2. The SMILES string of the molecule is C[C@@H]1CN(CCO)Cc2ccc(Nc3ncc4c5ccncc5n([C@H]5CC[C@H](C)CC5)c4n3)nc21. The second-order valence-corrected chi connectivity index (χ2v) is 10.3. The Kier molecular flexibility index (Phi) is 5.86. The second kappa shape index (κ2) is 9.17. The molecule has 4 aromatic rings. The highest BCUT2D eigenvalue weighted by Gasteiger charge is 2.26. The maximum Gasteiger partial charge on any atom is 0.230 e. The van der Waals surface area contributed by atoms with Crippen molar-refractivity contribution >= 4 is 33.7 Å². The predicted octanol–water partition coefficient (Wildman–Crippen LogP) is 4.78. The van der Waals surface area contributed by atoms with E-state index < -0.39 is 0 Å². The van der Waals surface area contributed by atoms with Gasteiger partial charge in [0.05, 0.1) is 24.0 Å². The van der Waals surface area contributed by atoms with Crippen molar-refractivity contribution in [1.82, 2.24) is 29.4 Å². The van der Waals surface area contributed by atoms with Crippen LogP contribution in [0.25, 0.3) is 21.9 Å². The van der Waals surface area contributed by atoms with Crippen molar-refractivity contribution in [3.05, 3.63) is 48.0 Å². The highest BCUT2D eigenvalue weighted by atomic mass is 16.3. The van der Waals surface area contributed by atoms with Crippen LogP contribution in [-0.4, -0.2) is 54.2 Å². The number of β-amino-alcohol motifs (C(OH)–C–C–N with tert-alkyl or cyclic N) is 1. The van der Waals surface area contributed by atoms with Crippen LogP contribution < -0.4 is 5.32 Å². The third kappa shape index (κ3) is 4.15. The van der Waals surface area contributed by atoms with Gasteiger partial charge in [0.15, 0.2) is 0 Å². The summed E-state index contributed by atoms with van der Waals surface area (Å²) in [5.41, 5.74) is 4.44. The maximum absolute atomic E-state index is 9.31. The number of aromatic nitrogens is 5. The first-order valence-electron chi connectivity index (χ1n) is 12.8. The van der Waals surface area contributed by atoms with Crippen LogP contribution in [0.4, 0.5) is 11.8 Å². The highest BCUT2D eigenvalue weighted by molar-refractivity contribution is 6.06. The minimum Gasteiger partial charge on any atom is -0.395 e. The fourth-order valence-corrected chi connectivity index (χ4v) is 5.94. The van der Waals surface area contributed by atoms with Gasteiger partial charge in [0.25, 0.3) is 0 Å². The van der Waals surface area contributed by atoms with Crippen LogP contribution >= 0.6 is 0 Å². The zero-order valence-electron chi connectivity index (χ0n) is 20.5. The number of aliphatic hydroxyl groups excluding tert-OH is 1. The molecule has 0 aromatic carbocycles. The molecule has 1 aliphatic carbocycles. The van der Waals surface area contributed by atoms with E-state index >= 15 is 0 Å². The van der Waals surface area contributed by atoms with E-state index in [0.29, 0.717) is 24.5 Å². The lowest BCUT2D eigenvalue weighted by Crippen LogP contribution is -2.35. The Bertz CT molecular complexity index is 1360. The van der Waals surface area contributed by atoms with E-state index in [1.165, 1.54) is 31.2 Å². The normalized spacial score (nSPS) is 23.0. The molecule has 35 heavy (non-hydrogen) atoms. The lowest BCUT2D eigenvalue weighted by molar-refractivity contribution is 0.173. The van der Waals surface area contributed by atoms with Crippen molar-refractivity contribution < 1.29 is 5.11 Å². The summed E-state index contributed by atoms with van der Waals surface area (Å²) in [5, 5.41) is 14.9. The molecule has 1 saturated carbocycles. The van der Waals surface area contributed by atoms with Crippen LogP contribution in [0.3, 0.4) is 0 Å². The lowest BCUT2D eigenvalue weighted by Gasteiger charge is -2.32. The topological polar surface area (TPSA) is 92.0 Å². The average molecular weight is 472 g/mol. The fourth-order valence-electron chi connectivity index (χ4n) is 5.94. The predicted molar refractivity (Wildman–Crippen MR) is 138 cm³/mol. The number of fused-ring (bicyclic) bond motifs is 4. The van der Waals surface area contributed by atoms with Crippen molar-refractivity contribution in [2.24, 2.45) is 5.92 Å². The molecule has 182 valence electrons. The molecule has 0 spiro atoms.